The number of rotatable bonds is 3. The van der Waals surface area contributed by atoms with Crippen molar-refractivity contribution in [2.45, 2.75) is 0 Å². The zero-order valence-corrected chi connectivity index (χ0v) is 7.74. The van der Waals surface area contributed by atoms with E-state index in [-0.39, 0.29) is 0 Å². The van der Waals surface area contributed by atoms with E-state index < -0.39 is 8.80 Å². The van der Waals surface area contributed by atoms with Gasteiger partial charge in [0.25, 0.3) is 0 Å². The van der Waals surface area contributed by atoms with Crippen LogP contribution in [0.5, 0.6) is 0 Å². The third kappa shape index (κ3) is 1.33. The second-order valence-corrected chi connectivity index (χ2v) is 4.97. The van der Waals surface area contributed by atoms with Crippen molar-refractivity contribution < 1.29 is 0 Å². The van der Waals surface area contributed by atoms with E-state index in [1.807, 2.05) is 17.9 Å². The van der Waals surface area contributed by atoms with Gasteiger partial charge in [-0.15, -0.1) is 6.58 Å². The lowest BCUT2D eigenvalue weighted by molar-refractivity contribution is 1.71. The minimum absolute atomic E-state index is 0.977. The minimum Gasteiger partial charge on any atom is -0.107 e. The molecule has 0 amide bonds. The van der Waals surface area contributed by atoms with Crippen LogP contribution in [0.3, 0.4) is 0 Å². The molecule has 1 heteroatoms. The fraction of sp³-hybridized carbons (Fsp3) is 0. The largest absolute Gasteiger partial charge is 0.117 e. The summed E-state index contributed by atoms with van der Waals surface area (Å²) in [5.41, 5.74) is 5.50. The van der Waals surface area contributed by atoms with Gasteiger partial charge in [0.05, 0.1) is 0 Å². The van der Waals surface area contributed by atoms with Crippen LogP contribution in [0.25, 0.3) is 0 Å². The van der Waals surface area contributed by atoms with E-state index in [1.54, 1.807) is 0 Å². The first kappa shape index (κ1) is 8.02. The highest BCUT2D eigenvalue weighted by Crippen LogP contribution is 2.20. The van der Waals surface area contributed by atoms with Gasteiger partial charge in [-0.25, -0.2) is 0 Å². The van der Waals surface area contributed by atoms with Crippen LogP contribution in [-0.2, 0) is 0 Å². The number of hydrogen-bond donors (Lipinski definition) is 0. The minimum atomic E-state index is -0.977. The number of hydrogen-bond acceptors (Lipinski definition) is 0. The van der Waals surface area contributed by atoms with Gasteiger partial charge in [-0.05, 0) is 10.8 Å². The summed E-state index contributed by atoms with van der Waals surface area (Å²) >= 11 is 0. The summed E-state index contributed by atoms with van der Waals surface area (Å²) in [6.45, 7) is 11.3. The molecule has 1 unspecified atom stereocenters. The van der Waals surface area contributed by atoms with Crippen molar-refractivity contribution in [1.82, 2.24) is 0 Å². The topological polar surface area (TPSA) is 0 Å². The molecular formula is C10H12Si. The van der Waals surface area contributed by atoms with Gasteiger partial charge in [0, 0.05) is 0 Å². The molecule has 0 aromatic carbocycles. The molecule has 0 fully saturated rings. The summed E-state index contributed by atoms with van der Waals surface area (Å²) < 4.78 is 0. The highest BCUT2D eigenvalue weighted by Gasteiger charge is 2.13. The molecule has 0 aliphatic carbocycles. The quantitative estimate of drug-likeness (QED) is 0.556. The Bertz CT molecular complexity index is 256. The second kappa shape index (κ2) is 3.35. The van der Waals surface area contributed by atoms with Gasteiger partial charge in [-0.2, -0.15) is 0 Å². The van der Waals surface area contributed by atoms with Gasteiger partial charge in [0.2, 0.25) is 0 Å². The van der Waals surface area contributed by atoms with Crippen molar-refractivity contribution in [3.05, 3.63) is 60.1 Å². The summed E-state index contributed by atoms with van der Waals surface area (Å²) in [6.07, 6.45) is 5.92. The van der Waals surface area contributed by atoms with Crippen molar-refractivity contribution in [3.63, 3.8) is 0 Å². The lowest BCUT2D eigenvalue weighted by atomic mass is 10.2. The van der Waals surface area contributed by atoms with Crippen molar-refractivity contribution >= 4 is 8.80 Å². The third-order valence-corrected chi connectivity index (χ3v) is 4.27. The van der Waals surface area contributed by atoms with Gasteiger partial charge >= 0.3 is 0 Å². The van der Waals surface area contributed by atoms with Crippen molar-refractivity contribution in [1.29, 1.82) is 0 Å². The monoisotopic (exact) mass is 160 g/mol. The summed E-state index contributed by atoms with van der Waals surface area (Å²) in [4.78, 5) is 0. The first-order chi connectivity index (χ1) is 5.33. The Balaban J connectivity index is 3.03. The Hall–Kier alpha value is -1.08. The van der Waals surface area contributed by atoms with Crippen LogP contribution in [0.2, 0.25) is 0 Å². The maximum Gasteiger partial charge on any atom is 0.117 e. The average molecular weight is 160 g/mol. The van der Waals surface area contributed by atoms with E-state index in [1.165, 1.54) is 10.8 Å². The smallest absolute Gasteiger partial charge is 0.107 e. The van der Waals surface area contributed by atoms with Crippen molar-refractivity contribution in [2.24, 2.45) is 0 Å². The molecule has 11 heavy (non-hydrogen) atoms. The van der Waals surface area contributed by atoms with E-state index in [9.17, 15) is 0 Å². The molecule has 1 aliphatic heterocycles. The van der Waals surface area contributed by atoms with Crippen LogP contribution >= 0.6 is 0 Å². The van der Waals surface area contributed by atoms with Gasteiger partial charge in [0.15, 0.2) is 0 Å². The Morgan fingerprint density at radius 3 is 2.36 bits per heavy atom. The summed E-state index contributed by atoms with van der Waals surface area (Å²) in [5.74, 6) is 0. The molecule has 0 aromatic rings. The zero-order valence-electron chi connectivity index (χ0n) is 6.59. The first-order valence-electron chi connectivity index (χ1n) is 3.63. The summed E-state index contributed by atoms with van der Waals surface area (Å²) in [5, 5.41) is 1.34. The molecule has 0 spiro atoms. The second-order valence-electron chi connectivity index (χ2n) is 2.44. The van der Waals surface area contributed by atoms with Gasteiger partial charge in [0.1, 0.15) is 8.80 Å². The Kier molecular flexibility index (Phi) is 2.44. The molecule has 0 saturated carbocycles. The summed E-state index contributed by atoms with van der Waals surface area (Å²) in [7, 11) is -0.977. The lowest BCUT2D eigenvalue weighted by Crippen LogP contribution is -2.05. The fourth-order valence-corrected chi connectivity index (χ4v) is 3.15. The molecule has 56 valence electrons. The third-order valence-electron chi connectivity index (χ3n) is 1.87. The molecule has 0 saturated heterocycles. The van der Waals surface area contributed by atoms with Crippen LogP contribution in [0, 0.1) is 0 Å². The normalized spacial score (nSPS) is 22.0. The van der Waals surface area contributed by atoms with Crippen LogP contribution in [-0.4, -0.2) is 8.80 Å². The Morgan fingerprint density at radius 2 is 1.91 bits per heavy atom. The molecule has 0 nitrogen and oxygen atoms in total. The van der Waals surface area contributed by atoms with Crippen molar-refractivity contribution in [3.8, 4) is 0 Å². The number of allylic oxidation sites excluding steroid dienone is 5. The first-order valence-corrected chi connectivity index (χ1v) is 5.54. The van der Waals surface area contributed by atoms with Gasteiger partial charge in [-0.1, -0.05) is 42.8 Å². The standard InChI is InChI=1S/C10H12Si/c1-4-9-7-8-11(6-3)10(9)5-2/h4-8,11H,1-3H2. The predicted molar refractivity (Wildman–Crippen MR) is 53.9 cm³/mol. The average Bonchev–Trinajstić information content (AvgIpc) is 2.45. The molecule has 0 bridgehead atoms. The van der Waals surface area contributed by atoms with Gasteiger partial charge < -0.3 is 0 Å². The Labute approximate surface area is 69.5 Å². The molecule has 1 rings (SSSR count). The van der Waals surface area contributed by atoms with E-state index >= 15 is 0 Å². The summed E-state index contributed by atoms with van der Waals surface area (Å²) in [6, 6.07) is 0. The molecule has 0 radical (unpaired) electrons. The van der Waals surface area contributed by atoms with Gasteiger partial charge in [-0.3, -0.25) is 0 Å². The van der Waals surface area contributed by atoms with Crippen LogP contribution < -0.4 is 0 Å². The molecule has 1 atom stereocenters. The van der Waals surface area contributed by atoms with Crippen LogP contribution in [0.4, 0.5) is 0 Å². The maximum atomic E-state index is 3.80. The molecule has 0 aromatic heterocycles. The predicted octanol–water partition coefficient (Wildman–Crippen LogP) is 2.26. The van der Waals surface area contributed by atoms with E-state index in [2.05, 4.69) is 31.5 Å². The highest BCUT2D eigenvalue weighted by molar-refractivity contribution is 6.78. The fourth-order valence-electron chi connectivity index (χ4n) is 1.25. The maximum absolute atomic E-state index is 3.80. The van der Waals surface area contributed by atoms with E-state index in [0.717, 1.165) is 0 Å². The zero-order chi connectivity index (χ0) is 8.27. The van der Waals surface area contributed by atoms with Crippen LogP contribution in [0.1, 0.15) is 0 Å². The van der Waals surface area contributed by atoms with Crippen LogP contribution in [0.15, 0.2) is 60.1 Å². The highest BCUT2D eigenvalue weighted by atomic mass is 28.3. The van der Waals surface area contributed by atoms with Crippen molar-refractivity contribution in [2.75, 3.05) is 0 Å². The lowest BCUT2D eigenvalue weighted by Gasteiger charge is -2.01. The van der Waals surface area contributed by atoms with E-state index in [0.29, 0.717) is 0 Å². The SMILES string of the molecule is C=CC1=C(C=C)[SiH](C=C)C=C1. The molecule has 1 heterocycles. The molecule has 0 N–H and O–H groups in total. The molecular weight excluding hydrogens is 148 g/mol. The molecule has 1 aliphatic rings. The van der Waals surface area contributed by atoms with E-state index in [4.69, 9.17) is 0 Å². The Morgan fingerprint density at radius 1 is 1.18 bits per heavy atom.